The molecule has 0 aromatic heterocycles. The average molecular weight is 217 g/mol. The predicted molar refractivity (Wildman–Crippen MR) is 65.5 cm³/mol. The second-order valence-corrected chi connectivity index (χ2v) is 4.46. The van der Waals surface area contributed by atoms with Crippen LogP contribution < -0.4 is 5.32 Å². The number of benzene rings is 1. The van der Waals surface area contributed by atoms with E-state index in [2.05, 4.69) is 24.4 Å². The van der Waals surface area contributed by atoms with Crippen molar-refractivity contribution in [2.45, 2.75) is 38.1 Å². The van der Waals surface area contributed by atoms with Gasteiger partial charge in [0.1, 0.15) is 5.78 Å². The quantitative estimate of drug-likeness (QED) is 0.843. The van der Waals surface area contributed by atoms with Crippen LogP contribution in [0.25, 0.3) is 0 Å². The Labute approximate surface area is 97.1 Å². The molecular weight excluding hydrogens is 198 g/mol. The third-order valence-electron chi connectivity index (χ3n) is 3.34. The van der Waals surface area contributed by atoms with Crippen molar-refractivity contribution >= 4 is 5.78 Å². The van der Waals surface area contributed by atoms with Crippen LogP contribution in [0, 0.1) is 0 Å². The number of carbonyl (C=O) groups excluding carboxylic acids is 1. The molecule has 1 aliphatic rings. The van der Waals surface area contributed by atoms with E-state index in [1.807, 2.05) is 18.2 Å². The monoisotopic (exact) mass is 217 g/mol. The molecule has 1 aliphatic carbocycles. The van der Waals surface area contributed by atoms with E-state index in [1.165, 1.54) is 5.56 Å². The lowest BCUT2D eigenvalue weighted by Gasteiger charge is -2.28. The lowest BCUT2D eigenvalue weighted by Crippen LogP contribution is -2.36. The van der Waals surface area contributed by atoms with Gasteiger partial charge < -0.3 is 5.32 Å². The Balaban J connectivity index is 2.10. The zero-order valence-electron chi connectivity index (χ0n) is 9.78. The first-order chi connectivity index (χ1) is 7.81. The highest BCUT2D eigenvalue weighted by Gasteiger charge is 2.28. The third kappa shape index (κ3) is 2.50. The van der Waals surface area contributed by atoms with Gasteiger partial charge in [0.05, 0.1) is 0 Å². The van der Waals surface area contributed by atoms with Crippen molar-refractivity contribution in [3.63, 3.8) is 0 Å². The fraction of sp³-hybridized carbons (Fsp3) is 0.500. The standard InChI is InChI=1S/C14H19NO/c1-2-15-12-8-9-14(16)13(10-12)11-6-4-3-5-7-11/h3-7,12-13,15H,2,8-10H2,1H3. The van der Waals surface area contributed by atoms with Crippen LogP contribution in [-0.4, -0.2) is 18.4 Å². The fourth-order valence-electron chi connectivity index (χ4n) is 2.51. The topological polar surface area (TPSA) is 29.1 Å². The van der Waals surface area contributed by atoms with Crippen LogP contribution in [0.15, 0.2) is 30.3 Å². The number of Topliss-reactive ketones (excluding diaryl/α,β-unsaturated/α-hetero) is 1. The summed E-state index contributed by atoms with van der Waals surface area (Å²) in [4.78, 5) is 11.9. The highest BCUT2D eigenvalue weighted by atomic mass is 16.1. The molecule has 0 heterocycles. The first-order valence-electron chi connectivity index (χ1n) is 6.12. The number of hydrogen-bond acceptors (Lipinski definition) is 2. The molecule has 0 bridgehead atoms. The summed E-state index contributed by atoms with van der Waals surface area (Å²) in [5.74, 6) is 0.513. The van der Waals surface area contributed by atoms with Crippen molar-refractivity contribution < 1.29 is 4.79 Å². The SMILES string of the molecule is CCNC1CCC(=O)C(c2ccccc2)C1. The highest BCUT2D eigenvalue weighted by Crippen LogP contribution is 2.29. The van der Waals surface area contributed by atoms with Gasteiger partial charge in [-0.05, 0) is 24.9 Å². The molecular formula is C14H19NO. The maximum absolute atomic E-state index is 11.9. The van der Waals surface area contributed by atoms with Gasteiger partial charge in [-0.25, -0.2) is 0 Å². The Morgan fingerprint density at radius 2 is 2.06 bits per heavy atom. The molecule has 0 aliphatic heterocycles. The number of nitrogens with one attached hydrogen (secondary N) is 1. The fourth-order valence-corrected chi connectivity index (χ4v) is 2.51. The minimum Gasteiger partial charge on any atom is -0.314 e. The molecule has 2 unspecified atom stereocenters. The van der Waals surface area contributed by atoms with Gasteiger partial charge in [-0.3, -0.25) is 4.79 Å². The first-order valence-corrected chi connectivity index (χ1v) is 6.12. The summed E-state index contributed by atoms with van der Waals surface area (Å²) in [5.41, 5.74) is 1.18. The van der Waals surface area contributed by atoms with Crippen LogP contribution in [0.4, 0.5) is 0 Å². The molecule has 2 heteroatoms. The van der Waals surface area contributed by atoms with Crippen LogP contribution >= 0.6 is 0 Å². The van der Waals surface area contributed by atoms with E-state index in [1.54, 1.807) is 0 Å². The van der Waals surface area contributed by atoms with Crippen molar-refractivity contribution in [1.29, 1.82) is 0 Å². The van der Waals surface area contributed by atoms with Gasteiger partial charge in [-0.1, -0.05) is 37.3 Å². The largest absolute Gasteiger partial charge is 0.314 e. The molecule has 1 fully saturated rings. The average Bonchev–Trinajstić information content (AvgIpc) is 2.33. The van der Waals surface area contributed by atoms with Gasteiger partial charge in [-0.2, -0.15) is 0 Å². The van der Waals surface area contributed by atoms with E-state index in [0.717, 1.165) is 25.8 Å². The maximum Gasteiger partial charge on any atom is 0.140 e. The molecule has 2 atom stereocenters. The summed E-state index contributed by atoms with van der Waals surface area (Å²) in [6.45, 7) is 3.11. The van der Waals surface area contributed by atoms with E-state index in [0.29, 0.717) is 11.8 Å². The molecule has 1 aromatic rings. The minimum absolute atomic E-state index is 0.110. The van der Waals surface area contributed by atoms with Crippen molar-refractivity contribution in [3.8, 4) is 0 Å². The van der Waals surface area contributed by atoms with Gasteiger partial charge in [-0.15, -0.1) is 0 Å². The van der Waals surface area contributed by atoms with E-state index in [9.17, 15) is 4.79 Å². The molecule has 1 saturated carbocycles. The van der Waals surface area contributed by atoms with Crippen LogP contribution in [0.3, 0.4) is 0 Å². The van der Waals surface area contributed by atoms with Gasteiger partial charge in [0, 0.05) is 18.4 Å². The van der Waals surface area contributed by atoms with E-state index < -0.39 is 0 Å². The van der Waals surface area contributed by atoms with E-state index in [-0.39, 0.29) is 5.92 Å². The Morgan fingerprint density at radius 1 is 1.31 bits per heavy atom. The van der Waals surface area contributed by atoms with E-state index >= 15 is 0 Å². The maximum atomic E-state index is 11.9. The smallest absolute Gasteiger partial charge is 0.140 e. The second-order valence-electron chi connectivity index (χ2n) is 4.46. The molecule has 0 saturated heterocycles. The van der Waals surface area contributed by atoms with Crippen LogP contribution in [0.1, 0.15) is 37.7 Å². The zero-order chi connectivity index (χ0) is 11.4. The number of hydrogen-bond donors (Lipinski definition) is 1. The normalized spacial score (nSPS) is 25.7. The molecule has 86 valence electrons. The van der Waals surface area contributed by atoms with Crippen molar-refractivity contribution in [1.82, 2.24) is 5.32 Å². The Hall–Kier alpha value is -1.15. The minimum atomic E-state index is 0.110. The van der Waals surface area contributed by atoms with Crippen molar-refractivity contribution in [2.24, 2.45) is 0 Å². The molecule has 1 N–H and O–H groups in total. The number of ketones is 1. The molecule has 0 spiro atoms. The lowest BCUT2D eigenvalue weighted by molar-refractivity contribution is -0.122. The first kappa shape index (κ1) is 11.3. The molecule has 2 rings (SSSR count). The number of rotatable bonds is 3. The van der Waals surface area contributed by atoms with Gasteiger partial charge >= 0.3 is 0 Å². The Bertz CT molecular complexity index is 347. The summed E-state index contributed by atoms with van der Waals surface area (Å²) < 4.78 is 0. The van der Waals surface area contributed by atoms with E-state index in [4.69, 9.17) is 0 Å². The molecule has 16 heavy (non-hydrogen) atoms. The Morgan fingerprint density at radius 3 is 2.75 bits per heavy atom. The summed E-state index contributed by atoms with van der Waals surface area (Å²) >= 11 is 0. The summed E-state index contributed by atoms with van der Waals surface area (Å²) in [6, 6.07) is 10.7. The predicted octanol–water partition coefficient (Wildman–Crippen LogP) is 2.50. The molecule has 0 radical (unpaired) electrons. The second kappa shape index (κ2) is 5.26. The number of carbonyl (C=O) groups is 1. The molecule has 2 nitrogen and oxygen atoms in total. The highest BCUT2D eigenvalue weighted by molar-refractivity contribution is 5.86. The van der Waals surface area contributed by atoms with Gasteiger partial charge in [0.25, 0.3) is 0 Å². The third-order valence-corrected chi connectivity index (χ3v) is 3.34. The van der Waals surface area contributed by atoms with Crippen LogP contribution in [0.2, 0.25) is 0 Å². The van der Waals surface area contributed by atoms with Gasteiger partial charge in [0.2, 0.25) is 0 Å². The summed E-state index contributed by atoms with van der Waals surface area (Å²) in [7, 11) is 0. The van der Waals surface area contributed by atoms with Crippen molar-refractivity contribution in [3.05, 3.63) is 35.9 Å². The Kier molecular flexibility index (Phi) is 3.73. The van der Waals surface area contributed by atoms with Crippen LogP contribution in [0.5, 0.6) is 0 Å². The lowest BCUT2D eigenvalue weighted by atomic mass is 9.80. The zero-order valence-corrected chi connectivity index (χ0v) is 9.78. The molecule has 1 aromatic carbocycles. The van der Waals surface area contributed by atoms with Gasteiger partial charge in [0.15, 0.2) is 0 Å². The summed E-state index contributed by atoms with van der Waals surface area (Å²) in [5, 5.41) is 3.45. The van der Waals surface area contributed by atoms with Crippen LogP contribution in [-0.2, 0) is 4.79 Å². The van der Waals surface area contributed by atoms with Crippen molar-refractivity contribution in [2.75, 3.05) is 6.54 Å². The summed E-state index contributed by atoms with van der Waals surface area (Å²) in [6.07, 6.45) is 2.67. The molecule has 0 amide bonds.